The van der Waals surface area contributed by atoms with Crippen molar-refractivity contribution < 1.29 is 0 Å². The van der Waals surface area contributed by atoms with E-state index in [4.69, 9.17) is 29.0 Å². The predicted octanol–water partition coefficient (Wildman–Crippen LogP) is 5.33. The molecule has 7 heteroatoms. The average molecular weight is 445 g/mol. The van der Waals surface area contributed by atoms with Crippen molar-refractivity contribution in [1.82, 2.24) is 5.43 Å². The van der Waals surface area contributed by atoms with Crippen LogP contribution in [-0.4, -0.2) is 0 Å². The number of benzene rings is 1. The van der Waals surface area contributed by atoms with Crippen molar-refractivity contribution in [1.29, 1.82) is 0 Å². The van der Waals surface area contributed by atoms with Crippen LogP contribution in [0.1, 0.15) is 17.2 Å². The molecule has 0 radical (unpaired) electrons. The summed E-state index contributed by atoms with van der Waals surface area (Å²) in [7, 11) is 0. The minimum Gasteiger partial charge on any atom is -0.271 e. The molecule has 2 aromatic rings. The van der Waals surface area contributed by atoms with Crippen molar-refractivity contribution in [3.8, 4) is 0 Å². The highest BCUT2D eigenvalue weighted by atomic mass is 79.9. The van der Waals surface area contributed by atoms with E-state index < -0.39 is 0 Å². The van der Waals surface area contributed by atoms with E-state index in [1.807, 2.05) is 18.2 Å². The maximum absolute atomic E-state index is 6.21. The fourth-order valence-corrected chi connectivity index (χ4v) is 5.15. The maximum atomic E-state index is 6.21. The summed E-state index contributed by atoms with van der Waals surface area (Å²) in [5, 5.41) is 1.13. The van der Waals surface area contributed by atoms with Crippen LogP contribution in [0.15, 0.2) is 31.8 Å². The Morgan fingerprint density at radius 2 is 2.05 bits per heavy atom. The lowest BCUT2D eigenvalue weighted by atomic mass is 10.0. The Bertz CT molecular complexity index is 589. The molecule has 0 aliphatic heterocycles. The van der Waals surface area contributed by atoms with E-state index in [2.05, 4.69) is 37.3 Å². The fourth-order valence-electron chi connectivity index (χ4n) is 1.78. The molecule has 2 nitrogen and oxygen atoms in total. The van der Waals surface area contributed by atoms with Crippen molar-refractivity contribution in [2.45, 2.75) is 12.5 Å². The van der Waals surface area contributed by atoms with E-state index in [0.717, 1.165) is 18.7 Å². The second kappa shape index (κ2) is 6.89. The summed E-state index contributed by atoms with van der Waals surface area (Å²) in [4.78, 5) is 0. The third-order valence-electron chi connectivity index (χ3n) is 2.72. The topological polar surface area (TPSA) is 38.0 Å². The van der Waals surface area contributed by atoms with E-state index in [0.29, 0.717) is 16.5 Å². The second-order valence-corrected chi connectivity index (χ2v) is 8.45. The first-order valence-corrected chi connectivity index (χ1v) is 8.52. The van der Waals surface area contributed by atoms with Crippen LogP contribution in [-0.2, 0) is 6.42 Å². The Hall–Kier alpha value is 0.380. The fraction of sp³-hybridized carbons (Fsp3) is 0.167. The highest BCUT2D eigenvalue weighted by Crippen LogP contribution is 2.37. The van der Waals surface area contributed by atoms with E-state index in [1.165, 1.54) is 0 Å². The molecule has 0 aliphatic rings. The molecule has 1 aromatic carbocycles. The summed E-state index contributed by atoms with van der Waals surface area (Å²) in [5.74, 6) is 5.66. The minimum absolute atomic E-state index is 0.0344. The summed E-state index contributed by atoms with van der Waals surface area (Å²) >= 11 is 20.8. The molecule has 1 atom stereocenters. The molecule has 102 valence electrons. The van der Waals surface area contributed by atoms with Gasteiger partial charge in [0, 0.05) is 0 Å². The molecular formula is C12H10Br2Cl2N2S. The quantitative estimate of drug-likeness (QED) is 0.494. The van der Waals surface area contributed by atoms with Crippen molar-refractivity contribution in [2.24, 2.45) is 5.84 Å². The van der Waals surface area contributed by atoms with Gasteiger partial charge in [-0.05, 0) is 61.5 Å². The van der Waals surface area contributed by atoms with E-state index in [9.17, 15) is 0 Å². The summed E-state index contributed by atoms with van der Waals surface area (Å²) in [6.07, 6.45) is 0.664. The molecule has 2 rings (SSSR count). The Balaban J connectivity index is 2.29. The van der Waals surface area contributed by atoms with Crippen LogP contribution in [0.4, 0.5) is 0 Å². The molecule has 0 bridgehead atoms. The van der Waals surface area contributed by atoms with Gasteiger partial charge < -0.3 is 0 Å². The molecule has 19 heavy (non-hydrogen) atoms. The molecule has 0 spiro atoms. The monoisotopic (exact) mass is 442 g/mol. The minimum atomic E-state index is -0.0344. The van der Waals surface area contributed by atoms with Crippen LogP contribution in [0.2, 0.25) is 10.0 Å². The molecule has 0 saturated carbocycles. The third kappa shape index (κ3) is 3.73. The van der Waals surface area contributed by atoms with Crippen LogP contribution in [0, 0.1) is 0 Å². The van der Waals surface area contributed by atoms with Crippen molar-refractivity contribution in [3.63, 3.8) is 0 Å². The number of rotatable bonds is 4. The SMILES string of the molecule is NNC(Cc1cccc(Cl)c1Cl)c1cc(Br)sc1Br. The Kier molecular flexibility index (Phi) is 5.72. The number of hydrogen-bond acceptors (Lipinski definition) is 3. The van der Waals surface area contributed by atoms with Crippen LogP contribution in [0.25, 0.3) is 0 Å². The summed E-state index contributed by atoms with van der Waals surface area (Å²) in [6, 6.07) is 7.62. The van der Waals surface area contributed by atoms with Gasteiger partial charge in [0.05, 0.1) is 23.7 Å². The molecule has 0 saturated heterocycles. The Morgan fingerprint density at radius 1 is 1.32 bits per heavy atom. The van der Waals surface area contributed by atoms with Crippen molar-refractivity contribution in [3.05, 3.63) is 53.0 Å². The Labute approximate surface area is 142 Å². The van der Waals surface area contributed by atoms with Gasteiger partial charge in [-0.2, -0.15) is 0 Å². The smallest absolute Gasteiger partial charge is 0.0758 e. The molecule has 1 heterocycles. The number of thiophene rings is 1. The molecule has 0 amide bonds. The molecule has 1 unspecified atom stereocenters. The van der Waals surface area contributed by atoms with Gasteiger partial charge in [-0.3, -0.25) is 11.3 Å². The highest BCUT2D eigenvalue weighted by Gasteiger charge is 2.18. The first-order valence-electron chi connectivity index (χ1n) is 5.36. The molecule has 0 fully saturated rings. The van der Waals surface area contributed by atoms with E-state index >= 15 is 0 Å². The highest BCUT2D eigenvalue weighted by molar-refractivity contribution is 9.12. The molecular weight excluding hydrogens is 435 g/mol. The summed E-state index contributed by atoms with van der Waals surface area (Å²) in [6.45, 7) is 0. The lowest BCUT2D eigenvalue weighted by molar-refractivity contribution is 0.552. The second-order valence-electron chi connectivity index (χ2n) is 3.92. The number of hydrazine groups is 1. The van der Waals surface area contributed by atoms with Gasteiger partial charge in [-0.15, -0.1) is 11.3 Å². The summed E-state index contributed by atoms with van der Waals surface area (Å²) in [5.41, 5.74) is 4.88. The van der Waals surface area contributed by atoms with Gasteiger partial charge >= 0.3 is 0 Å². The normalized spacial score (nSPS) is 12.7. The van der Waals surface area contributed by atoms with E-state index in [1.54, 1.807) is 17.4 Å². The zero-order chi connectivity index (χ0) is 14.0. The molecule has 1 aromatic heterocycles. The van der Waals surface area contributed by atoms with Crippen molar-refractivity contribution >= 4 is 66.4 Å². The Morgan fingerprint density at radius 3 is 2.63 bits per heavy atom. The molecule has 0 aliphatic carbocycles. The maximum Gasteiger partial charge on any atom is 0.0758 e. The largest absolute Gasteiger partial charge is 0.271 e. The van der Waals surface area contributed by atoms with Crippen LogP contribution in [0.5, 0.6) is 0 Å². The van der Waals surface area contributed by atoms with Crippen LogP contribution < -0.4 is 11.3 Å². The third-order valence-corrected chi connectivity index (χ3v) is 5.96. The van der Waals surface area contributed by atoms with Gasteiger partial charge in [-0.1, -0.05) is 35.3 Å². The standard InChI is InChI=1S/C12H10Br2Cl2N2S/c13-10-5-7(12(14)19-10)9(18-17)4-6-2-1-3-8(15)11(6)16/h1-3,5,9,18H,4,17H2. The first-order chi connectivity index (χ1) is 9.02. The van der Waals surface area contributed by atoms with E-state index in [-0.39, 0.29) is 6.04 Å². The van der Waals surface area contributed by atoms with Gasteiger partial charge in [0.2, 0.25) is 0 Å². The van der Waals surface area contributed by atoms with Crippen molar-refractivity contribution in [2.75, 3.05) is 0 Å². The number of nitrogens with two attached hydrogens (primary N) is 1. The average Bonchev–Trinajstić information content (AvgIpc) is 2.70. The van der Waals surface area contributed by atoms with Gasteiger partial charge in [-0.25, -0.2) is 0 Å². The zero-order valence-corrected chi connectivity index (χ0v) is 15.1. The number of nitrogens with one attached hydrogen (secondary N) is 1. The lowest BCUT2D eigenvalue weighted by Crippen LogP contribution is -2.29. The van der Waals surface area contributed by atoms with Gasteiger partial charge in [0.1, 0.15) is 0 Å². The predicted molar refractivity (Wildman–Crippen MR) is 89.9 cm³/mol. The number of halogens is 4. The first kappa shape index (κ1) is 15.8. The van der Waals surface area contributed by atoms with Gasteiger partial charge in [0.25, 0.3) is 0 Å². The van der Waals surface area contributed by atoms with Crippen LogP contribution in [0.3, 0.4) is 0 Å². The molecule has 3 N–H and O–H groups in total. The summed E-state index contributed by atoms with van der Waals surface area (Å²) < 4.78 is 2.09. The number of hydrogen-bond donors (Lipinski definition) is 2. The lowest BCUT2D eigenvalue weighted by Gasteiger charge is -2.16. The van der Waals surface area contributed by atoms with Gasteiger partial charge in [0.15, 0.2) is 0 Å². The zero-order valence-electron chi connectivity index (χ0n) is 9.59. The van der Waals surface area contributed by atoms with Crippen LogP contribution >= 0.6 is 66.4 Å².